The van der Waals surface area contributed by atoms with E-state index in [0.717, 1.165) is 45.5 Å². The summed E-state index contributed by atoms with van der Waals surface area (Å²) in [5.41, 5.74) is 6.34. The van der Waals surface area contributed by atoms with Gasteiger partial charge >= 0.3 is 0 Å². The van der Waals surface area contributed by atoms with Gasteiger partial charge in [-0.05, 0) is 62.1 Å². The van der Waals surface area contributed by atoms with E-state index in [9.17, 15) is 0 Å². The molecule has 1 aliphatic heterocycles. The van der Waals surface area contributed by atoms with E-state index in [-0.39, 0.29) is 0 Å². The molecule has 2 aromatic heterocycles. The predicted molar refractivity (Wildman–Crippen MR) is 188 cm³/mol. The van der Waals surface area contributed by atoms with Crippen LogP contribution in [0.3, 0.4) is 0 Å². The molecule has 0 atom stereocenters. The van der Waals surface area contributed by atoms with Gasteiger partial charge in [0.25, 0.3) is 5.52 Å². The van der Waals surface area contributed by atoms with Gasteiger partial charge in [0.2, 0.25) is 0 Å². The number of rotatable bonds is 4. The van der Waals surface area contributed by atoms with Crippen LogP contribution in [0.5, 0.6) is 5.75 Å². The highest BCUT2D eigenvalue weighted by Gasteiger charge is 2.25. The zero-order valence-electron chi connectivity index (χ0n) is 25.4. The molecule has 3 heterocycles. The molecule has 0 saturated carbocycles. The SMILES string of the molecule is c1ccc(-c2nc(-c3ccccc3)nc(-c3ccc4ccc5c(-c6ccc7ccc[n+]8c7c6OCC8)ccc6ccc3c4c65)n2)cc1. The monoisotopic (exact) mass is 603 g/mol. The van der Waals surface area contributed by atoms with E-state index >= 15 is 0 Å². The van der Waals surface area contributed by atoms with Crippen LogP contribution in [0, 0.1) is 0 Å². The summed E-state index contributed by atoms with van der Waals surface area (Å²) in [4.78, 5) is 15.1. The third-order valence-corrected chi connectivity index (χ3v) is 9.47. The Morgan fingerprint density at radius 1 is 0.468 bits per heavy atom. The van der Waals surface area contributed by atoms with E-state index in [1.54, 1.807) is 0 Å². The molecule has 0 spiro atoms. The average Bonchev–Trinajstić information content (AvgIpc) is 3.15. The molecular weight excluding hydrogens is 576 g/mol. The van der Waals surface area contributed by atoms with Crippen molar-refractivity contribution >= 4 is 43.2 Å². The number of benzene rings is 7. The van der Waals surface area contributed by atoms with Gasteiger partial charge in [-0.15, -0.1) is 0 Å². The van der Waals surface area contributed by atoms with Crippen molar-refractivity contribution in [2.24, 2.45) is 0 Å². The lowest BCUT2D eigenvalue weighted by molar-refractivity contribution is -0.676. The van der Waals surface area contributed by atoms with E-state index in [2.05, 4.69) is 83.6 Å². The lowest BCUT2D eigenvalue weighted by Crippen LogP contribution is -2.40. The maximum Gasteiger partial charge on any atom is 0.255 e. The molecule has 0 N–H and O–H groups in total. The second-order valence-corrected chi connectivity index (χ2v) is 12.1. The molecular formula is C42H27N4O+. The zero-order chi connectivity index (χ0) is 30.9. The highest BCUT2D eigenvalue weighted by molar-refractivity contribution is 6.27. The third kappa shape index (κ3) is 4.03. The Labute approximate surface area is 270 Å². The van der Waals surface area contributed by atoms with Crippen molar-refractivity contribution in [1.82, 2.24) is 15.0 Å². The number of nitrogens with zero attached hydrogens (tertiary/aromatic N) is 4. The number of hydrogen-bond acceptors (Lipinski definition) is 4. The minimum absolute atomic E-state index is 0.657. The molecule has 0 fully saturated rings. The van der Waals surface area contributed by atoms with Crippen molar-refractivity contribution in [2.75, 3.05) is 6.61 Å². The normalized spacial score (nSPS) is 12.7. The van der Waals surface area contributed by atoms with Crippen molar-refractivity contribution in [3.63, 3.8) is 0 Å². The average molecular weight is 604 g/mol. The number of ether oxygens (including phenoxy) is 1. The Morgan fingerprint density at radius 3 is 1.70 bits per heavy atom. The van der Waals surface area contributed by atoms with E-state index in [0.29, 0.717) is 24.1 Å². The maximum atomic E-state index is 6.40. The molecule has 0 unspecified atom stereocenters. The summed E-state index contributed by atoms with van der Waals surface area (Å²) >= 11 is 0. The summed E-state index contributed by atoms with van der Waals surface area (Å²) in [5.74, 6) is 2.93. The molecule has 47 heavy (non-hydrogen) atoms. The standard InChI is InChI=1S/C42H27N4O/c1-3-8-29(9-4-1)40-43-41(30-10-5-2-6-11-30)45-42(44-40)35-22-16-27-14-19-32-31(18-13-26-15-20-33(35)37(27)36(26)32)34-21-17-28-12-7-23-46-24-25-47-39(34)38(28)46/h1-23H,24-25H2/q+1. The molecule has 0 bridgehead atoms. The molecule has 220 valence electrons. The smallest absolute Gasteiger partial charge is 0.255 e. The molecule has 5 nitrogen and oxygen atoms in total. The topological polar surface area (TPSA) is 51.8 Å². The maximum absolute atomic E-state index is 6.40. The van der Waals surface area contributed by atoms with Crippen LogP contribution in [-0.4, -0.2) is 21.6 Å². The van der Waals surface area contributed by atoms with Crippen LogP contribution in [0.2, 0.25) is 0 Å². The van der Waals surface area contributed by atoms with Gasteiger partial charge in [0, 0.05) is 28.3 Å². The van der Waals surface area contributed by atoms with Crippen LogP contribution >= 0.6 is 0 Å². The minimum atomic E-state index is 0.657. The fraction of sp³-hybridized carbons (Fsp3) is 0.0476. The molecule has 1 aliphatic rings. The number of aromatic nitrogens is 4. The van der Waals surface area contributed by atoms with Crippen LogP contribution < -0.4 is 9.30 Å². The molecule has 9 aromatic rings. The van der Waals surface area contributed by atoms with Gasteiger partial charge in [-0.1, -0.05) is 103 Å². The van der Waals surface area contributed by atoms with Gasteiger partial charge in [-0.3, -0.25) is 0 Å². The van der Waals surface area contributed by atoms with Crippen LogP contribution in [0.25, 0.3) is 88.5 Å². The molecule has 0 saturated heterocycles. The fourth-order valence-electron chi connectivity index (χ4n) is 7.29. The second-order valence-electron chi connectivity index (χ2n) is 12.1. The summed E-state index contributed by atoms with van der Waals surface area (Å²) in [6.07, 6.45) is 2.15. The fourth-order valence-corrected chi connectivity index (χ4v) is 7.29. The van der Waals surface area contributed by atoms with Crippen LogP contribution in [0.4, 0.5) is 0 Å². The quantitative estimate of drug-likeness (QED) is 0.149. The molecule has 0 amide bonds. The summed E-state index contributed by atoms with van der Waals surface area (Å²) in [6.45, 7) is 1.51. The Balaban J connectivity index is 1.23. The van der Waals surface area contributed by atoms with E-state index in [1.807, 2.05) is 60.7 Å². The van der Waals surface area contributed by atoms with Crippen molar-refractivity contribution in [2.45, 2.75) is 6.54 Å². The molecule has 7 aromatic carbocycles. The Hall–Kier alpha value is -6.20. The Morgan fingerprint density at radius 2 is 1.02 bits per heavy atom. The van der Waals surface area contributed by atoms with Gasteiger partial charge < -0.3 is 4.74 Å². The minimum Gasteiger partial charge on any atom is -0.480 e. The van der Waals surface area contributed by atoms with Crippen molar-refractivity contribution in [3.8, 4) is 51.0 Å². The number of pyridine rings is 1. The first-order chi connectivity index (χ1) is 23.3. The summed E-state index contributed by atoms with van der Waals surface area (Å²) in [5, 5.41) is 8.36. The third-order valence-electron chi connectivity index (χ3n) is 9.47. The van der Waals surface area contributed by atoms with E-state index < -0.39 is 0 Å². The first kappa shape index (κ1) is 26.1. The van der Waals surface area contributed by atoms with Gasteiger partial charge in [0.05, 0.1) is 5.39 Å². The van der Waals surface area contributed by atoms with E-state index in [1.165, 1.54) is 37.9 Å². The Kier molecular flexibility index (Phi) is 5.63. The lowest BCUT2D eigenvalue weighted by Gasteiger charge is -2.19. The van der Waals surface area contributed by atoms with E-state index in [4.69, 9.17) is 19.7 Å². The van der Waals surface area contributed by atoms with Crippen molar-refractivity contribution in [1.29, 1.82) is 0 Å². The summed E-state index contributed by atoms with van der Waals surface area (Å²) in [7, 11) is 0. The van der Waals surface area contributed by atoms with Crippen LogP contribution in [-0.2, 0) is 6.54 Å². The predicted octanol–water partition coefficient (Wildman–Crippen LogP) is 9.27. The van der Waals surface area contributed by atoms with Crippen molar-refractivity contribution in [3.05, 3.63) is 140 Å². The molecule has 10 rings (SSSR count). The number of hydrogen-bond donors (Lipinski definition) is 0. The first-order valence-electron chi connectivity index (χ1n) is 16.0. The summed E-state index contributed by atoms with van der Waals surface area (Å²) in [6, 6.07) is 46.8. The molecule has 0 radical (unpaired) electrons. The second kappa shape index (κ2) is 10.2. The van der Waals surface area contributed by atoms with Crippen molar-refractivity contribution < 1.29 is 9.30 Å². The van der Waals surface area contributed by atoms with Gasteiger partial charge in [0.15, 0.2) is 36.0 Å². The molecule has 5 heteroatoms. The largest absolute Gasteiger partial charge is 0.480 e. The van der Waals surface area contributed by atoms with Gasteiger partial charge in [-0.25, -0.2) is 15.0 Å². The zero-order valence-corrected chi connectivity index (χ0v) is 25.4. The van der Waals surface area contributed by atoms with Crippen LogP contribution in [0.15, 0.2) is 140 Å². The summed E-state index contributed by atoms with van der Waals surface area (Å²) < 4.78 is 8.71. The first-order valence-corrected chi connectivity index (χ1v) is 16.0. The van der Waals surface area contributed by atoms with Crippen LogP contribution in [0.1, 0.15) is 0 Å². The molecule has 0 aliphatic carbocycles. The Bertz CT molecular complexity index is 2590. The highest BCUT2D eigenvalue weighted by atomic mass is 16.5. The lowest BCUT2D eigenvalue weighted by atomic mass is 9.88. The van der Waals surface area contributed by atoms with Gasteiger partial charge in [0.1, 0.15) is 6.61 Å². The van der Waals surface area contributed by atoms with Gasteiger partial charge in [-0.2, -0.15) is 4.57 Å². The highest BCUT2D eigenvalue weighted by Crippen LogP contribution is 2.45.